The third-order valence-corrected chi connectivity index (χ3v) is 6.69. The van der Waals surface area contributed by atoms with E-state index in [1.165, 1.54) is 24.8 Å². The molecular weight excluding hydrogens is 504 g/mol. The van der Waals surface area contributed by atoms with Gasteiger partial charge in [0.25, 0.3) is 0 Å². The van der Waals surface area contributed by atoms with E-state index in [1.807, 2.05) is 50.2 Å². The topological polar surface area (TPSA) is 92.0 Å². The molecule has 0 saturated heterocycles. The fourth-order valence-corrected chi connectivity index (χ4v) is 4.63. The third kappa shape index (κ3) is 12.9. The molecule has 3 atom stereocenters. The van der Waals surface area contributed by atoms with E-state index >= 15 is 0 Å². The van der Waals surface area contributed by atoms with Crippen LogP contribution in [0.25, 0.3) is 0 Å². The van der Waals surface area contributed by atoms with E-state index in [1.54, 1.807) is 14.2 Å². The first kappa shape index (κ1) is 35.0. The fraction of sp³-hybridized carbons (Fsp3) is 0.545. The minimum absolute atomic E-state index is 0.221. The second-order valence-electron chi connectivity index (χ2n) is 9.70. The van der Waals surface area contributed by atoms with Crippen molar-refractivity contribution in [3.63, 3.8) is 0 Å². The van der Waals surface area contributed by atoms with Crippen LogP contribution < -0.4 is 25.3 Å². The van der Waals surface area contributed by atoms with Gasteiger partial charge in [-0.25, -0.2) is 0 Å². The number of nitrogens with two attached hydrogens (primary N) is 1. The second kappa shape index (κ2) is 20.8. The van der Waals surface area contributed by atoms with Crippen LogP contribution >= 0.6 is 0 Å². The molecule has 2 aromatic carbocycles. The molecule has 1 saturated carbocycles. The van der Waals surface area contributed by atoms with E-state index in [4.69, 9.17) is 24.7 Å². The highest BCUT2D eigenvalue weighted by Crippen LogP contribution is 2.28. The molecule has 7 nitrogen and oxygen atoms in total. The Bertz CT molecular complexity index is 950. The van der Waals surface area contributed by atoms with E-state index in [0.717, 1.165) is 48.6 Å². The quantitative estimate of drug-likeness (QED) is 0.215. The van der Waals surface area contributed by atoms with Crippen molar-refractivity contribution in [1.82, 2.24) is 5.32 Å². The predicted molar refractivity (Wildman–Crippen MR) is 164 cm³/mol. The fourth-order valence-electron chi connectivity index (χ4n) is 4.63. The van der Waals surface area contributed by atoms with Gasteiger partial charge in [-0.15, -0.1) is 13.2 Å². The summed E-state index contributed by atoms with van der Waals surface area (Å²) in [6.45, 7) is 14.4. The Morgan fingerprint density at radius 3 is 2.27 bits per heavy atom. The van der Waals surface area contributed by atoms with Crippen LogP contribution in [-0.2, 0) is 22.4 Å². The molecule has 40 heavy (non-hydrogen) atoms. The van der Waals surface area contributed by atoms with E-state index < -0.39 is 0 Å². The molecule has 224 valence electrons. The number of carbonyl (C=O) groups is 1. The molecule has 1 unspecified atom stereocenters. The van der Waals surface area contributed by atoms with Crippen molar-refractivity contribution in [2.24, 2.45) is 11.7 Å². The lowest BCUT2D eigenvalue weighted by molar-refractivity contribution is -0.117. The molecular formula is C33H52N2O5. The van der Waals surface area contributed by atoms with E-state index in [0.29, 0.717) is 25.2 Å². The molecule has 1 aliphatic rings. The Morgan fingerprint density at radius 1 is 0.975 bits per heavy atom. The summed E-state index contributed by atoms with van der Waals surface area (Å²) in [7, 11) is 3.31. The molecule has 0 heterocycles. The molecule has 0 spiro atoms. The number of amides is 1. The van der Waals surface area contributed by atoms with Crippen molar-refractivity contribution in [3.8, 4) is 17.2 Å². The van der Waals surface area contributed by atoms with Gasteiger partial charge in [0.05, 0.1) is 40.0 Å². The van der Waals surface area contributed by atoms with Crippen LogP contribution in [0.3, 0.4) is 0 Å². The van der Waals surface area contributed by atoms with Gasteiger partial charge in [0.15, 0.2) is 11.5 Å². The molecule has 1 fully saturated rings. The molecule has 2 aromatic rings. The van der Waals surface area contributed by atoms with Gasteiger partial charge in [0.2, 0.25) is 5.91 Å². The zero-order chi connectivity index (χ0) is 29.8. The van der Waals surface area contributed by atoms with Crippen molar-refractivity contribution in [1.29, 1.82) is 0 Å². The number of hydrogen-bond donors (Lipinski definition) is 2. The van der Waals surface area contributed by atoms with Crippen LogP contribution in [-0.4, -0.2) is 52.0 Å². The van der Waals surface area contributed by atoms with Crippen LogP contribution in [0.1, 0.15) is 64.0 Å². The van der Waals surface area contributed by atoms with Crippen LogP contribution in [0.2, 0.25) is 0 Å². The minimum atomic E-state index is -0.329. The van der Waals surface area contributed by atoms with Gasteiger partial charge < -0.3 is 30.0 Å². The summed E-state index contributed by atoms with van der Waals surface area (Å²) in [5.74, 6) is 2.33. The van der Waals surface area contributed by atoms with Crippen molar-refractivity contribution in [2.45, 2.75) is 77.9 Å². The Labute approximate surface area is 242 Å². The average Bonchev–Trinajstić information content (AvgIpc) is 3.22. The lowest BCUT2D eigenvalue weighted by Gasteiger charge is -2.28. The van der Waals surface area contributed by atoms with E-state index in [2.05, 4.69) is 31.5 Å². The zero-order valence-electron chi connectivity index (χ0n) is 25.4. The maximum absolute atomic E-state index is 11.1. The molecule has 0 bridgehead atoms. The van der Waals surface area contributed by atoms with Crippen molar-refractivity contribution >= 4 is 5.91 Å². The van der Waals surface area contributed by atoms with Gasteiger partial charge >= 0.3 is 0 Å². The standard InChI is InChI=1S/C29H42N2O5.C2H6.C2H4/c1-21(20-36-24-12-9-22(10-13-24)18-29(30)32)19-31-25-7-5-4-6-8-26(25)35-16-15-23-11-14-27(33-2)28(17-23)34-3;2*1-2/h9-14,17,21,25-26,31H,4-8,15-16,18-20H2,1-3H3,(H2,30,32);1-2H3;1-2H2/t21?,25-,26-;;/m1../s1. The second-order valence-corrected chi connectivity index (χ2v) is 9.70. The number of carbonyl (C=O) groups excluding carboxylic acids is 1. The lowest BCUT2D eigenvalue weighted by Crippen LogP contribution is -2.43. The molecule has 0 aliphatic heterocycles. The normalized spacial score (nSPS) is 17.1. The van der Waals surface area contributed by atoms with Gasteiger partial charge in [0.1, 0.15) is 5.75 Å². The minimum Gasteiger partial charge on any atom is -0.493 e. The van der Waals surface area contributed by atoms with Crippen molar-refractivity contribution < 1.29 is 23.7 Å². The highest BCUT2D eigenvalue weighted by molar-refractivity contribution is 5.76. The van der Waals surface area contributed by atoms with Crippen molar-refractivity contribution in [2.75, 3.05) is 34.0 Å². The number of rotatable bonds is 14. The van der Waals surface area contributed by atoms with Crippen LogP contribution in [0.15, 0.2) is 55.6 Å². The first-order chi connectivity index (χ1) is 19.5. The van der Waals surface area contributed by atoms with Crippen LogP contribution in [0, 0.1) is 5.92 Å². The van der Waals surface area contributed by atoms with Gasteiger partial charge in [0, 0.05) is 18.5 Å². The Kier molecular flexibility index (Phi) is 18.2. The highest BCUT2D eigenvalue weighted by Gasteiger charge is 2.24. The Morgan fingerprint density at radius 2 is 1.62 bits per heavy atom. The van der Waals surface area contributed by atoms with Gasteiger partial charge in [-0.3, -0.25) is 4.79 Å². The number of ether oxygens (including phenoxy) is 4. The summed E-state index contributed by atoms with van der Waals surface area (Å²) < 4.78 is 23.1. The monoisotopic (exact) mass is 556 g/mol. The summed E-state index contributed by atoms with van der Waals surface area (Å²) in [5, 5.41) is 3.77. The molecule has 0 radical (unpaired) electrons. The maximum Gasteiger partial charge on any atom is 0.221 e. The van der Waals surface area contributed by atoms with Gasteiger partial charge in [-0.1, -0.05) is 58.2 Å². The summed E-state index contributed by atoms with van der Waals surface area (Å²) in [5.41, 5.74) is 7.33. The lowest BCUT2D eigenvalue weighted by atomic mass is 10.0. The number of methoxy groups -OCH3 is 2. The smallest absolute Gasteiger partial charge is 0.221 e. The summed E-state index contributed by atoms with van der Waals surface area (Å²) in [6.07, 6.45) is 7.24. The first-order valence-electron chi connectivity index (χ1n) is 14.5. The van der Waals surface area contributed by atoms with E-state index in [9.17, 15) is 4.79 Å². The average molecular weight is 557 g/mol. The highest BCUT2D eigenvalue weighted by atomic mass is 16.5. The Hall–Kier alpha value is -3.03. The largest absolute Gasteiger partial charge is 0.493 e. The third-order valence-electron chi connectivity index (χ3n) is 6.69. The zero-order valence-corrected chi connectivity index (χ0v) is 25.4. The van der Waals surface area contributed by atoms with Gasteiger partial charge in [-0.05, 0) is 54.7 Å². The SMILES string of the molecule is C=C.CC.COc1ccc(CCO[C@@H]2CCCCC[C@H]2NCC(C)COc2ccc(CC(N)=O)cc2)cc1OC. The van der Waals surface area contributed by atoms with Crippen LogP contribution in [0.4, 0.5) is 0 Å². The maximum atomic E-state index is 11.1. The van der Waals surface area contributed by atoms with Crippen LogP contribution in [0.5, 0.6) is 17.2 Å². The number of hydrogen-bond acceptors (Lipinski definition) is 6. The summed E-state index contributed by atoms with van der Waals surface area (Å²) in [4.78, 5) is 11.1. The molecule has 3 N–H and O–H groups in total. The molecule has 1 aliphatic carbocycles. The molecule has 1 amide bonds. The first-order valence-corrected chi connectivity index (χ1v) is 14.5. The molecule has 7 heteroatoms. The summed E-state index contributed by atoms with van der Waals surface area (Å²) >= 11 is 0. The molecule has 3 rings (SSSR count). The van der Waals surface area contributed by atoms with Gasteiger partial charge in [-0.2, -0.15) is 0 Å². The molecule has 0 aromatic heterocycles. The Balaban J connectivity index is 0.00000191. The number of primary amides is 1. The number of benzene rings is 2. The van der Waals surface area contributed by atoms with Crippen molar-refractivity contribution in [3.05, 3.63) is 66.7 Å². The predicted octanol–water partition coefficient (Wildman–Crippen LogP) is 6.13. The summed E-state index contributed by atoms with van der Waals surface area (Å²) in [6, 6.07) is 14.0. The van der Waals surface area contributed by atoms with E-state index in [-0.39, 0.29) is 18.4 Å². The number of nitrogens with one attached hydrogen (secondary N) is 1.